The third-order valence-electron chi connectivity index (χ3n) is 1.90. The van der Waals surface area contributed by atoms with E-state index < -0.39 is 0 Å². The van der Waals surface area contributed by atoms with Crippen LogP contribution in [0.15, 0.2) is 23.0 Å². The normalized spacial score (nSPS) is 10.4. The van der Waals surface area contributed by atoms with E-state index in [9.17, 15) is 0 Å². The van der Waals surface area contributed by atoms with E-state index in [0.29, 0.717) is 5.69 Å². The summed E-state index contributed by atoms with van der Waals surface area (Å²) in [5, 5.41) is 11.5. The minimum absolute atomic E-state index is 0.683. The SMILES string of the molecule is Cn1cc(N)c(NCc2ccsc2)n1. The van der Waals surface area contributed by atoms with E-state index in [4.69, 9.17) is 5.73 Å². The van der Waals surface area contributed by atoms with Crippen molar-refractivity contribution in [2.24, 2.45) is 7.05 Å². The van der Waals surface area contributed by atoms with E-state index in [0.717, 1.165) is 12.4 Å². The number of hydrogen-bond acceptors (Lipinski definition) is 4. The summed E-state index contributed by atoms with van der Waals surface area (Å²) in [4.78, 5) is 0. The van der Waals surface area contributed by atoms with Crippen LogP contribution in [0.5, 0.6) is 0 Å². The summed E-state index contributed by atoms with van der Waals surface area (Å²) in [6, 6.07) is 2.08. The maximum absolute atomic E-state index is 5.74. The standard InChI is InChI=1S/C9H12N4S/c1-13-5-8(10)9(12-13)11-4-7-2-3-14-6-7/h2-3,5-6H,4,10H2,1H3,(H,11,12). The highest BCUT2D eigenvalue weighted by atomic mass is 32.1. The molecule has 2 rings (SSSR count). The molecule has 5 heteroatoms. The smallest absolute Gasteiger partial charge is 0.171 e. The molecule has 0 radical (unpaired) electrons. The summed E-state index contributed by atoms with van der Waals surface area (Å²) in [7, 11) is 1.85. The minimum atomic E-state index is 0.683. The second-order valence-electron chi connectivity index (χ2n) is 3.09. The zero-order chi connectivity index (χ0) is 9.97. The fourth-order valence-corrected chi connectivity index (χ4v) is 1.89. The zero-order valence-electron chi connectivity index (χ0n) is 7.90. The molecule has 74 valence electrons. The Morgan fingerprint density at radius 2 is 2.50 bits per heavy atom. The Hall–Kier alpha value is -1.49. The predicted octanol–water partition coefficient (Wildman–Crippen LogP) is 1.68. The summed E-state index contributed by atoms with van der Waals surface area (Å²) >= 11 is 1.69. The molecule has 14 heavy (non-hydrogen) atoms. The molecule has 0 unspecified atom stereocenters. The molecule has 0 bridgehead atoms. The highest BCUT2D eigenvalue weighted by molar-refractivity contribution is 7.07. The van der Waals surface area contributed by atoms with Crippen molar-refractivity contribution < 1.29 is 0 Å². The van der Waals surface area contributed by atoms with Crippen LogP contribution in [0.4, 0.5) is 11.5 Å². The molecule has 0 aliphatic heterocycles. The van der Waals surface area contributed by atoms with E-state index in [1.54, 1.807) is 22.2 Å². The van der Waals surface area contributed by atoms with Gasteiger partial charge in [0.05, 0.1) is 5.69 Å². The lowest BCUT2D eigenvalue weighted by Gasteiger charge is -2.01. The first kappa shape index (κ1) is 9.08. The molecule has 0 aromatic carbocycles. The van der Waals surface area contributed by atoms with Gasteiger partial charge < -0.3 is 11.1 Å². The molecule has 2 aromatic heterocycles. The minimum Gasteiger partial charge on any atom is -0.394 e. The largest absolute Gasteiger partial charge is 0.394 e. The molecule has 0 saturated heterocycles. The molecule has 0 spiro atoms. The van der Waals surface area contributed by atoms with Gasteiger partial charge in [0.25, 0.3) is 0 Å². The van der Waals surface area contributed by atoms with Crippen molar-refractivity contribution >= 4 is 22.8 Å². The maximum Gasteiger partial charge on any atom is 0.171 e. The van der Waals surface area contributed by atoms with Gasteiger partial charge in [-0.2, -0.15) is 16.4 Å². The van der Waals surface area contributed by atoms with E-state index >= 15 is 0 Å². The van der Waals surface area contributed by atoms with Crippen molar-refractivity contribution in [3.8, 4) is 0 Å². The Labute approximate surface area is 86.4 Å². The summed E-state index contributed by atoms with van der Waals surface area (Å²) in [6.45, 7) is 0.769. The number of anilines is 2. The van der Waals surface area contributed by atoms with Crippen LogP contribution in [0, 0.1) is 0 Å². The van der Waals surface area contributed by atoms with Crippen LogP contribution in [-0.4, -0.2) is 9.78 Å². The Balaban J connectivity index is 2.01. The van der Waals surface area contributed by atoms with Gasteiger partial charge in [0.2, 0.25) is 0 Å². The van der Waals surface area contributed by atoms with Crippen molar-refractivity contribution in [3.63, 3.8) is 0 Å². The van der Waals surface area contributed by atoms with Crippen LogP contribution in [0.2, 0.25) is 0 Å². The molecule has 3 N–H and O–H groups in total. The van der Waals surface area contributed by atoms with Gasteiger partial charge >= 0.3 is 0 Å². The number of nitrogens with one attached hydrogen (secondary N) is 1. The number of nitrogens with two attached hydrogens (primary N) is 1. The van der Waals surface area contributed by atoms with Crippen LogP contribution in [0.1, 0.15) is 5.56 Å². The Bertz CT molecular complexity index is 404. The molecule has 2 heterocycles. The van der Waals surface area contributed by atoms with Gasteiger partial charge in [-0.05, 0) is 22.4 Å². The number of aryl methyl sites for hydroxylation is 1. The lowest BCUT2D eigenvalue weighted by Crippen LogP contribution is -2.01. The molecule has 0 saturated carbocycles. The molecule has 0 amide bonds. The van der Waals surface area contributed by atoms with E-state index in [-0.39, 0.29) is 0 Å². The predicted molar refractivity (Wildman–Crippen MR) is 59.3 cm³/mol. The summed E-state index contributed by atoms with van der Waals surface area (Å²) in [5.74, 6) is 0.749. The third-order valence-corrected chi connectivity index (χ3v) is 2.63. The third kappa shape index (κ3) is 1.88. The fourth-order valence-electron chi connectivity index (χ4n) is 1.22. The molecule has 0 atom stereocenters. The number of nitrogens with zero attached hydrogens (tertiary/aromatic N) is 2. The van der Waals surface area contributed by atoms with Gasteiger partial charge in [-0.1, -0.05) is 0 Å². The van der Waals surface area contributed by atoms with Crippen molar-refractivity contribution in [2.45, 2.75) is 6.54 Å². The van der Waals surface area contributed by atoms with Crippen molar-refractivity contribution in [1.82, 2.24) is 9.78 Å². The van der Waals surface area contributed by atoms with Crippen molar-refractivity contribution in [3.05, 3.63) is 28.6 Å². The number of hydrogen-bond donors (Lipinski definition) is 2. The van der Waals surface area contributed by atoms with Crippen LogP contribution in [0.25, 0.3) is 0 Å². The molecule has 0 aliphatic carbocycles. The lowest BCUT2D eigenvalue weighted by atomic mass is 10.3. The van der Waals surface area contributed by atoms with E-state index in [1.807, 2.05) is 7.05 Å². The van der Waals surface area contributed by atoms with Crippen molar-refractivity contribution in [1.29, 1.82) is 0 Å². The molecule has 4 nitrogen and oxygen atoms in total. The highest BCUT2D eigenvalue weighted by Gasteiger charge is 2.02. The molecule has 0 fully saturated rings. The Morgan fingerprint density at radius 1 is 1.64 bits per heavy atom. The van der Waals surface area contributed by atoms with Crippen LogP contribution in [0.3, 0.4) is 0 Å². The van der Waals surface area contributed by atoms with E-state index in [1.165, 1.54) is 5.56 Å². The second kappa shape index (κ2) is 3.71. The maximum atomic E-state index is 5.74. The second-order valence-corrected chi connectivity index (χ2v) is 3.87. The van der Waals surface area contributed by atoms with Crippen LogP contribution >= 0.6 is 11.3 Å². The Morgan fingerprint density at radius 3 is 3.07 bits per heavy atom. The summed E-state index contributed by atoms with van der Waals surface area (Å²) in [5.41, 5.74) is 7.67. The van der Waals surface area contributed by atoms with Gasteiger partial charge in [0, 0.05) is 19.8 Å². The fraction of sp³-hybridized carbons (Fsp3) is 0.222. The average molecular weight is 208 g/mol. The average Bonchev–Trinajstić information content (AvgIpc) is 2.72. The molecular weight excluding hydrogens is 196 g/mol. The summed E-state index contributed by atoms with van der Waals surface area (Å²) < 4.78 is 1.70. The highest BCUT2D eigenvalue weighted by Crippen LogP contribution is 2.16. The lowest BCUT2D eigenvalue weighted by molar-refractivity contribution is 0.768. The first-order valence-electron chi connectivity index (χ1n) is 4.30. The zero-order valence-corrected chi connectivity index (χ0v) is 8.71. The number of aromatic nitrogens is 2. The molecular formula is C9H12N4S. The van der Waals surface area contributed by atoms with Gasteiger partial charge in [-0.25, -0.2) is 0 Å². The molecule has 0 aliphatic rings. The summed E-state index contributed by atoms with van der Waals surface area (Å²) in [6.07, 6.45) is 1.79. The van der Waals surface area contributed by atoms with Gasteiger partial charge in [-0.15, -0.1) is 0 Å². The van der Waals surface area contributed by atoms with Crippen molar-refractivity contribution in [2.75, 3.05) is 11.1 Å². The number of rotatable bonds is 3. The van der Waals surface area contributed by atoms with Gasteiger partial charge in [0.1, 0.15) is 0 Å². The topological polar surface area (TPSA) is 55.9 Å². The number of thiophene rings is 1. The quantitative estimate of drug-likeness (QED) is 0.806. The first-order valence-corrected chi connectivity index (χ1v) is 5.24. The Kier molecular flexibility index (Phi) is 2.41. The van der Waals surface area contributed by atoms with Gasteiger partial charge in [0.15, 0.2) is 5.82 Å². The van der Waals surface area contributed by atoms with Crippen LogP contribution < -0.4 is 11.1 Å². The van der Waals surface area contributed by atoms with E-state index in [2.05, 4.69) is 27.2 Å². The molecule has 2 aromatic rings. The monoisotopic (exact) mass is 208 g/mol. The van der Waals surface area contributed by atoms with Gasteiger partial charge in [-0.3, -0.25) is 4.68 Å². The number of nitrogen functional groups attached to an aromatic ring is 1. The van der Waals surface area contributed by atoms with Crippen LogP contribution in [-0.2, 0) is 13.6 Å². The first-order chi connectivity index (χ1) is 6.75.